The molecule has 0 spiro atoms. The van der Waals surface area contributed by atoms with Gasteiger partial charge in [0.1, 0.15) is 6.04 Å². The molecule has 0 heterocycles. The highest BCUT2D eigenvalue weighted by Crippen LogP contribution is 2.12. The molecule has 0 fully saturated rings. The van der Waals surface area contributed by atoms with Crippen molar-refractivity contribution in [2.24, 2.45) is 5.90 Å². The van der Waals surface area contributed by atoms with Gasteiger partial charge >= 0.3 is 12.3 Å². The maximum Gasteiger partial charge on any atom is 0.457 e. The van der Waals surface area contributed by atoms with Crippen molar-refractivity contribution in [1.29, 1.82) is 0 Å². The van der Waals surface area contributed by atoms with E-state index in [1.165, 1.54) is 0 Å². The van der Waals surface area contributed by atoms with Gasteiger partial charge in [0.15, 0.2) is 0 Å². The number of rotatable bonds is 5. The number of carbonyl (C=O) groups is 1. The molecule has 0 amide bonds. The van der Waals surface area contributed by atoms with E-state index in [9.17, 15) is 18.0 Å². The molecule has 4 N–H and O–H groups in total. The zero-order chi connectivity index (χ0) is 10.5. The van der Waals surface area contributed by atoms with Crippen LogP contribution >= 0.6 is 0 Å². The van der Waals surface area contributed by atoms with Crippen molar-refractivity contribution in [3.8, 4) is 0 Å². The minimum absolute atomic E-state index is 0.264. The number of carboxylic acid groups (broad SMARTS) is 1. The van der Waals surface area contributed by atoms with E-state index in [0.717, 1.165) is 5.32 Å². The Balaban J connectivity index is 4.03. The minimum atomic E-state index is -4.72. The smallest absolute Gasteiger partial charge is 0.457 e. The van der Waals surface area contributed by atoms with Crippen LogP contribution in [0.3, 0.4) is 0 Å². The molecule has 0 aromatic heterocycles. The van der Waals surface area contributed by atoms with E-state index >= 15 is 0 Å². The summed E-state index contributed by atoms with van der Waals surface area (Å²) in [6, 6.07) is -1.73. The lowest BCUT2D eigenvalue weighted by Crippen LogP contribution is -2.46. The molecule has 0 aliphatic carbocycles. The lowest BCUT2D eigenvalue weighted by molar-refractivity contribution is -0.175. The van der Waals surface area contributed by atoms with E-state index in [2.05, 4.69) is 10.7 Å². The fourth-order valence-corrected chi connectivity index (χ4v) is 0.641. The molecule has 13 heavy (non-hydrogen) atoms. The first-order valence-corrected chi connectivity index (χ1v) is 3.25. The summed E-state index contributed by atoms with van der Waals surface area (Å²) in [6.07, 6.45) is -5.08. The summed E-state index contributed by atoms with van der Waals surface area (Å²) in [6.45, 7) is -0.264. The van der Waals surface area contributed by atoms with Crippen LogP contribution in [-0.4, -0.2) is 30.0 Å². The molecule has 0 aliphatic rings. The molecule has 0 radical (unpaired) electrons. The molecular weight excluding hydrogens is 193 g/mol. The van der Waals surface area contributed by atoms with Crippen LogP contribution in [0.5, 0.6) is 0 Å². The van der Waals surface area contributed by atoms with Crippen LogP contribution in [0.4, 0.5) is 13.2 Å². The molecule has 1 atom stereocenters. The van der Waals surface area contributed by atoms with Gasteiger partial charge in [0.05, 0.1) is 6.61 Å². The second-order valence-corrected chi connectivity index (χ2v) is 2.19. The Morgan fingerprint density at radius 3 is 2.46 bits per heavy atom. The average Bonchev–Trinajstić information content (AvgIpc) is 1.95. The van der Waals surface area contributed by atoms with Crippen molar-refractivity contribution in [2.45, 2.75) is 18.8 Å². The van der Waals surface area contributed by atoms with Gasteiger partial charge in [0.2, 0.25) is 0 Å². The van der Waals surface area contributed by atoms with Crippen molar-refractivity contribution < 1.29 is 27.9 Å². The Kier molecular flexibility index (Phi) is 4.67. The zero-order valence-electron chi connectivity index (χ0n) is 6.47. The van der Waals surface area contributed by atoms with E-state index in [4.69, 9.17) is 5.11 Å². The van der Waals surface area contributed by atoms with Gasteiger partial charge in [0.25, 0.3) is 0 Å². The molecule has 8 heteroatoms. The Bertz CT molecular complexity index is 173. The number of hydrogen-bond donors (Lipinski definition) is 3. The van der Waals surface area contributed by atoms with Crippen LogP contribution in [-0.2, 0) is 9.63 Å². The number of carboxylic acids is 1. The molecule has 0 aromatic rings. The molecular formula is C5H9F3N2O3. The third kappa shape index (κ3) is 6.31. The summed E-state index contributed by atoms with van der Waals surface area (Å²) >= 11 is 0. The summed E-state index contributed by atoms with van der Waals surface area (Å²) in [4.78, 5) is 14.2. The lowest BCUT2D eigenvalue weighted by Gasteiger charge is -2.15. The second-order valence-electron chi connectivity index (χ2n) is 2.19. The average molecular weight is 202 g/mol. The van der Waals surface area contributed by atoms with Gasteiger partial charge in [-0.05, 0) is 6.42 Å². The highest BCUT2D eigenvalue weighted by molar-refractivity contribution is 5.73. The molecule has 0 aromatic carbocycles. The highest BCUT2D eigenvalue weighted by atomic mass is 19.4. The van der Waals surface area contributed by atoms with Crippen molar-refractivity contribution in [2.75, 3.05) is 6.61 Å². The molecule has 0 saturated heterocycles. The van der Waals surface area contributed by atoms with Gasteiger partial charge in [0, 0.05) is 0 Å². The fraction of sp³-hybridized carbons (Fsp3) is 0.800. The summed E-state index contributed by atoms with van der Waals surface area (Å²) < 4.78 is 34.9. The maximum absolute atomic E-state index is 11.6. The summed E-state index contributed by atoms with van der Waals surface area (Å²) in [5.41, 5.74) is 0. The first-order chi connectivity index (χ1) is 5.87. The standard InChI is InChI=1S/C5H9F3N2O3/c6-5(7,8)10-3(4(11)12)1-2-13-9/h3,10H,1-2,9H2,(H,11,12)/t3-/m0/s1. The normalized spacial score (nSPS) is 14.2. The predicted octanol–water partition coefficient (Wildman–Crippen LogP) is -0.171. The van der Waals surface area contributed by atoms with Crippen molar-refractivity contribution in [3.63, 3.8) is 0 Å². The fourth-order valence-electron chi connectivity index (χ4n) is 0.641. The van der Waals surface area contributed by atoms with Crippen molar-refractivity contribution in [3.05, 3.63) is 0 Å². The van der Waals surface area contributed by atoms with Crippen LogP contribution in [0, 0.1) is 0 Å². The van der Waals surface area contributed by atoms with E-state index in [1.54, 1.807) is 0 Å². The largest absolute Gasteiger partial charge is 0.480 e. The van der Waals surface area contributed by atoms with Gasteiger partial charge in [-0.3, -0.25) is 4.79 Å². The van der Waals surface area contributed by atoms with Gasteiger partial charge in [-0.1, -0.05) is 0 Å². The number of hydrogen-bond acceptors (Lipinski definition) is 4. The molecule has 5 nitrogen and oxygen atoms in total. The summed E-state index contributed by atoms with van der Waals surface area (Å²) in [5.74, 6) is 2.94. The van der Waals surface area contributed by atoms with Gasteiger partial charge in [-0.2, -0.15) is 13.2 Å². The number of nitrogens with two attached hydrogens (primary N) is 1. The first kappa shape index (κ1) is 12.1. The Hall–Kier alpha value is -0.860. The minimum Gasteiger partial charge on any atom is -0.480 e. The molecule has 0 aliphatic heterocycles. The maximum atomic E-state index is 11.6. The SMILES string of the molecule is NOCC[C@H](NC(F)(F)F)C(=O)O. The third-order valence-electron chi connectivity index (χ3n) is 1.16. The van der Waals surface area contributed by atoms with Crippen LogP contribution < -0.4 is 11.2 Å². The van der Waals surface area contributed by atoms with Crippen LogP contribution in [0.25, 0.3) is 0 Å². The van der Waals surface area contributed by atoms with Crippen molar-refractivity contribution in [1.82, 2.24) is 5.32 Å². The predicted molar refractivity (Wildman–Crippen MR) is 35.4 cm³/mol. The topological polar surface area (TPSA) is 84.6 Å². The third-order valence-corrected chi connectivity index (χ3v) is 1.16. The molecule has 0 unspecified atom stereocenters. The quantitative estimate of drug-likeness (QED) is 0.425. The first-order valence-electron chi connectivity index (χ1n) is 3.25. The van der Waals surface area contributed by atoms with Gasteiger partial charge in [-0.15, -0.1) is 0 Å². The van der Waals surface area contributed by atoms with E-state index in [-0.39, 0.29) is 13.0 Å². The Labute approximate surface area is 71.6 Å². The highest BCUT2D eigenvalue weighted by Gasteiger charge is 2.33. The van der Waals surface area contributed by atoms with Crippen LogP contribution in [0.1, 0.15) is 6.42 Å². The van der Waals surface area contributed by atoms with Gasteiger partial charge < -0.3 is 9.94 Å². The number of aliphatic carboxylic acids is 1. The molecule has 0 bridgehead atoms. The number of alkyl halides is 3. The van der Waals surface area contributed by atoms with Crippen LogP contribution in [0.2, 0.25) is 0 Å². The lowest BCUT2D eigenvalue weighted by atomic mass is 10.2. The van der Waals surface area contributed by atoms with E-state index in [1.807, 2.05) is 0 Å². The van der Waals surface area contributed by atoms with Crippen LogP contribution in [0.15, 0.2) is 0 Å². The summed E-state index contributed by atoms with van der Waals surface area (Å²) in [7, 11) is 0. The molecule has 0 rings (SSSR count). The van der Waals surface area contributed by atoms with E-state index < -0.39 is 18.3 Å². The van der Waals surface area contributed by atoms with E-state index in [0.29, 0.717) is 0 Å². The molecule has 78 valence electrons. The van der Waals surface area contributed by atoms with Gasteiger partial charge in [-0.25, -0.2) is 11.2 Å². The van der Waals surface area contributed by atoms with Crippen molar-refractivity contribution >= 4 is 5.97 Å². The Morgan fingerprint density at radius 1 is 1.62 bits per heavy atom. The monoisotopic (exact) mass is 202 g/mol. The molecule has 0 saturated carbocycles. The second kappa shape index (κ2) is 5.00. The zero-order valence-corrected chi connectivity index (χ0v) is 6.47. The number of nitrogens with one attached hydrogen (secondary N) is 1. The number of halogens is 3. The summed E-state index contributed by atoms with van der Waals surface area (Å²) in [5, 5.41) is 9.26. The Morgan fingerprint density at radius 2 is 2.15 bits per heavy atom.